The van der Waals surface area contributed by atoms with Gasteiger partial charge in [0.2, 0.25) is 5.91 Å². The fraction of sp³-hybridized carbons (Fsp3) is 0.143. The summed E-state index contributed by atoms with van der Waals surface area (Å²) in [7, 11) is 0. The Hall–Kier alpha value is -3.12. The van der Waals surface area contributed by atoms with Crippen LogP contribution >= 0.6 is 11.3 Å². The molecule has 0 fully saturated rings. The van der Waals surface area contributed by atoms with Gasteiger partial charge in [-0.3, -0.25) is 9.59 Å². The number of fused-ring (bicyclic) bond motifs is 3. The number of carbonyl (C=O) groups excluding carboxylic acids is 2. The predicted molar refractivity (Wildman–Crippen MR) is 110 cm³/mol. The number of rotatable bonds is 5. The van der Waals surface area contributed by atoms with Gasteiger partial charge >= 0.3 is 0 Å². The monoisotopic (exact) mass is 377 g/mol. The minimum Gasteiger partial charge on any atom is -0.342 e. The molecule has 27 heavy (non-hydrogen) atoms. The quantitative estimate of drug-likeness (QED) is 0.546. The van der Waals surface area contributed by atoms with Crippen molar-refractivity contribution in [2.75, 3.05) is 11.9 Å². The SMILES string of the molecule is CCn1c2ccccc2c2cc(NC(=O)CNC(=O)c3cccs3)ccc21. The lowest BCUT2D eigenvalue weighted by molar-refractivity contribution is -0.115. The van der Waals surface area contributed by atoms with E-state index < -0.39 is 0 Å². The molecule has 0 aliphatic carbocycles. The number of benzene rings is 2. The van der Waals surface area contributed by atoms with Gasteiger partial charge in [-0.15, -0.1) is 11.3 Å². The van der Waals surface area contributed by atoms with Crippen molar-refractivity contribution in [1.82, 2.24) is 9.88 Å². The van der Waals surface area contributed by atoms with Gasteiger partial charge in [-0.1, -0.05) is 24.3 Å². The Labute approximate surface area is 160 Å². The van der Waals surface area contributed by atoms with Crippen LogP contribution in [-0.2, 0) is 11.3 Å². The zero-order valence-corrected chi connectivity index (χ0v) is 15.7. The van der Waals surface area contributed by atoms with Crippen molar-refractivity contribution in [1.29, 1.82) is 0 Å². The van der Waals surface area contributed by atoms with Crippen LogP contribution in [0.2, 0.25) is 0 Å². The summed E-state index contributed by atoms with van der Waals surface area (Å²) in [6.45, 7) is 2.94. The van der Waals surface area contributed by atoms with Crippen molar-refractivity contribution in [3.05, 3.63) is 64.9 Å². The molecule has 0 aliphatic heterocycles. The van der Waals surface area contributed by atoms with Crippen molar-refractivity contribution >= 4 is 50.6 Å². The smallest absolute Gasteiger partial charge is 0.261 e. The number of aromatic nitrogens is 1. The normalized spacial score (nSPS) is 11.0. The van der Waals surface area contributed by atoms with Gasteiger partial charge in [-0.05, 0) is 42.6 Å². The van der Waals surface area contributed by atoms with E-state index in [0.29, 0.717) is 4.88 Å². The number of anilines is 1. The van der Waals surface area contributed by atoms with Gasteiger partial charge in [0.25, 0.3) is 5.91 Å². The van der Waals surface area contributed by atoms with Gasteiger partial charge in [0.05, 0.1) is 11.4 Å². The molecule has 0 aliphatic rings. The van der Waals surface area contributed by atoms with Crippen molar-refractivity contribution in [2.45, 2.75) is 13.5 Å². The molecule has 6 heteroatoms. The van der Waals surface area contributed by atoms with Crippen LogP contribution < -0.4 is 10.6 Å². The van der Waals surface area contributed by atoms with Gasteiger partial charge in [-0.2, -0.15) is 0 Å². The standard InChI is InChI=1S/C21H19N3O2S/c1-2-24-17-7-4-3-6-15(17)16-12-14(9-10-18(16)24)23-20(25)13-22-21(26)19-8-5-11-27-19/h3-12H,2,13H2,1H3,(H,22,26)(H,23,25). The maximum Gasteiger partial charge on any atom is 0.261 e. The minimum absolute atomic E-state index is 0.0640. The first kappa shape index (κ1) is 17.3. The van der Waals surface area contributed by atoms with Crippen LogP contribution in [0.4, 0.5) is 5.69 Å². The molecule has 2 aromatic carbocycles. The number of nitrogens with zero attached hydrogens (tertiary/aromatic N) is 1. The second kappa shape index (κ2) is 7.25. The molecule has 136 valence electrons. The number of thiophene rings is 1. The van der Waals surface area contributed by atoms with E-state index in [9.17, 15) is 9.59 Å². The van der Waals surface area contributed by atoms with Crippen LogP contribution in [0.5, 0.6) is 0 Å². The molecule has 0 bridgehead atoms. The average molecular weight is 377 g/mol. The molecular weight excluding hydrogens is 358 g/mol. The number of hydrogen-bond acceptors (Lipinski definition) is 3. The fourth-order valence-corrected chi connectivity index (χ4v) is 3.97. The van der Waals surface area contributed by atoms with Crippen LogP contribution in [0.1, 0.15) is 16.6 Å². The Morgan fingerprint density at radius 1 is 1.00 bits per heavy atom. The summed E-state index contributed by atoms with van der Waals surface area (Å²) < 4.78 is 2.26. The third kappa shape index (κ3) is 3.31. The summed E-state index contributed by atoms with van der Waals surface area (Å²) in [5.74, 6) is -0.486. The predicted octanol–water partition coefficient (Wildman–Crippen LogP) is 4.24. The van der Waals surface area contributed by atoms with E-state index in [2.05, 4.69) is 34.3 Å². The third-order valence-electron chi connectivity index (χ3n) is 4.53. The summed E-state index contributed by atoms with van der Waals surface area (Å²) >= 11 is 1.35. The molecule has 0 saturated heterocycles. The first-order chi connectivity index (χ1) is 13.2. The number of amides is 2. The molecule has 2 amide bonds. The van der Waals surface area contributed by atoms with Crippen molar-refractivity contribution in [2.24, 2.45) is 0 Å². The molecule has 4 aromatic rings. The Kier molecular flexibility index (Phi) is 4.64. The lowest BCUT2D eigenvalue weighted by atomic mass is 10.1. The highest BCUT2D eigenvalue weighted by Gasteiger charge is 2.12. The Bertz CT molecular complexity index is 1130. The van der Waals surface area contributed by atoms with Gasteiger partial charge in [0.1, 0.15) is 0 Å². The van der Waals surface area contributed by atoms with Crippen LogP contribution in [0.15, 0.2) is 60.0 Å². The Balaban J connectivity index is 1.53. The van der Waals surface area contributed by atoms with E-state index in [1.807, 2.05) is 41.8 Å². The molecule has 2 aromatic heterocycles. The van der Waals surface area contributed by atoms with E-state index in [1.54, 1.807) is 6.07 Å². The Morgan fingerprint density at radius 2 is 1.81 bits per heavy atom. The summed E-state index contributed by atoms with van der Waals surface area (Å²) in [6, 6.07) is 17.7. The highest BCUT2D eigenvalue weighted by atomic mass is 32.1. The molecule has 4 rings (SSSR count). The molecule has 0 atom stereocenters. The summed E-state index contributed by atoms with van der Waals surface area (Å²) in [5.41, 5.74) is 3.04. The number of hydrogen-bond donors (Lipinski definition) is 2. The first-order valence-corrected chi connectivity index (χ1v) is 9.68. The van der Waals surface area contributed by atoms with Gasteiger partial charge in [0.15, 0.2) is 0 Å². The minimum atomic E-state index is -0.251. The largest absolute Gasteiger partial charge is 0.342 e. The maximum atomic E-state index is 12.2. The molecule has 2 N–H and O–H groups in total. The molecule has 0 unspecified atom stereocenters. The van der Waals surface area contributed by atoms with Crippen molar-refractivity contribution in [3.63, 3.8) is 0 Å². The highest BCUT2D eigenvalue weighted by molar-refractivity contribution is 7.12. The summed E-state index contributed by atoms with van der Waals surface area (Å²) in [4.78, 5) is 24.8. The van der Waals surface area contributed by atoms with E-state index in [1.165, 1.54) is 16.9 Å². The molecule has 5 nitrogen and oxygen atoms in total. The lowest BCUT2D eigenvalue weighted by Crippen LogP contribution is -2.32. The van der Waals surface area contributed by atoms with Gasteiger partial charge in [-0.25, -0.2) is 0 Å². The number of nitrogens with one attached hydrogen (secondary N) is 2. The van der Waals surface area contributed by atoms with Crippen LogP contribution in [0, 0.1) is 0 Å². The van der Waals surface area contributed by atoms with Gasteiger partial charge in [0, 0.05) is 34.0 Å². The Morgan fingerprint density at radius 3 is 2.59 bits per heavy atom. The second-order valence-corrected chi connectivity index (χ2v) is 7.15. The highest BCUT2D eigenvalue weighted by Crippen LogP contribution is 2.30. The number of para-hydroxylation sites is 1. The zero-order valence-electron chi connectivity index (χ0n) is 14.9. The van der Waals surface area contributed by atoms with Crippen molar-refractivity contribution in [3.8, 4) is 0 Å². The van der Waals surface area contributed by atoms with Gasteiger partial charge < -0.3 is 15.2 Å². The average Bonchev–Trinajstić information content (AvgIpc) is 3.32. The van der Waals surface area contributed by atoms with E-state index in [0.717, 1.165) is 28.5 Å². The topological polar surface area (TPSA) is 63.1 Å². The van der Waals surface area contributed by atoms with E-state index in [-0.39, 0.29) is 18.4 Å². The van der Waals surface area contributed by atoms with E-state index >= 15 is 0 Å². The lowest BCUT2D eigenvalue weighted by Gasteiger charge is -2.07. The van der Waals surface area contributed by atoms with E-state index in [4.69, 9.17) is 0 Å². The van der Waals surface area contributed by atoms with Crippen LogP contribution in [-0.4, -0.2) is 22.9 Å². The number of carbonyl (C=O) groups is 2. The third-order valence-corrected chi connectivity index (χ3v) is 5.40. The molecule has 0 spiro atoms. The van der Waals surface area contributed by atoms with Crippen LogP contribution in [0.25, 0.3) is 21.8 Å². The zero-order chi connectivity index (χ0) is 18.8. The molecule has 0 saturated carbocycles. The van der Waals surface area contributed by atoms with Crippen molar-refractivity contribution < 1.29 is 9.59 Å². The number of aryl methyl sites for hydroxylation is 1. The molecule has 0 radical (unpaired) electrons. The second-order valence-electron chi connectivity index (χ2n) is 6.20. The molecular formula is C21H19N3O2S. The maximum absolute atomic E-state index is 12.2. The fourth-order valence-electron chi connectivity index (χ4n) is 3.33. The summed E-state index contributed by atoms with van der Waals surface area (Å²) in [6.07, 6.45) is 0. The van der Waals surface area contributed by atoms with Crippen LogP contribution in [0.3, 0.4) is 0 Å². The summed E-state index contributed by atoms with van der Waals surface area (Å²) in [5, 5.41) is 9.61. The first-order valence-electron chi connectivity index (χ1n) is 8.80. The molecule has 2 heterocycles.